The zero-order valence-corrected chi connectivity index (χ0v) is 13.3. The van der Waals surface area contributed by atoms with Gasteiger partial charge in [-0.1, -0.05) is 60.7 Å². The van der Waals surface area contributed by atoms with Crippen LogP contribution in [0, 0.1) is 0 Å². The van der Waals surface area contributed by atoms with Crippen LogP contribution in [0.2, 0.25) is 0 Å². The average Bonchev–Trinajstić information content (AvgIpc) is 3.05. The van der Waals surface area contributed by atoms with Gasteiger partial charge in [0.15, 0.2) is 5.78 Å². The average molecular weight is 319 g/mol. The Morgan fingerprint density at radius 3 is 2.17 bits per heavy atom. The molecule has 0 fully saturated rings. The fraction of sp³-hybridized carbons (Fsp3) is 0.100. The Bertz CT molecular complexity index is 851. The summed E-state index contributed by atoms with van der Waals surface area (Å²) in [5.74, 6) is -0.578. The maximum atomic E-state index is 12.6. The fourth-order valence-corrected chi connectivity index (χ4v) is 2.58. The lowest BCUT2D eigenvalue weighted by Crippen LogP contribution is -2.10. The van der Waals surface area contributed by atoms with Crippen molar-refractivity contribution >= 4 is 11.8 Å². The summed E-state index contributed by atoms with van der Waals surface area (Å²) in [6, 6.07) is 20.3. The Morgan fingerprint density at radius 2 is 1.54 bits per heavy atom. The monoisotopic (exact) mass is 319 g/mol. The van der Waals surface area contributed by atoms with Gasteiger partial charge < -0.3 is 9.30 Å². The molecule has 1 heterocycles. The Balaban J connectivity index is 1.97. The minimum absolute atomic E-state index is 0.118. The van der Waals surface area contributed by atoms with Gasteiger partial charge in [-0.05, 0) is 11.6 Å². The molecule has 4 heteroatoms. The topological polar surface area (TPSA) is 48.3 Å². The van der Waals surface area contributed by atoms with Crippen molar-refractivity contribution in [2.75, 3.05) is 7.11 Å². The molecule has 0 aliphatic carbocycles. The highest BCUT2D eigenvalue weighted by atomic mass is 16.5. The normalized spacial score (nSPS) is 10.4. The number of esters is 1. The van der Waals surface area contributed by atoms with Crippen LogP contribution in [0.4, 0.5) is 0 Å². The third-order valence-corrected chi connectivity index (χ3v) is 3.79. The van der Waals surface area contributed by atoms with E-state index in [1.165, 1.54) is 7.11 Å². The second kappa shape index (κ2) is 6.96. The van der Waals surface area contributed by atoms with Crippen LogP contribution in [0.1, 0.15) is 32.0 Å². The van der Waals surface area contributed by atoms with Crippen LogP contribution in [0.5, 0.6) is 0 Å². The molecule has 0 aliphatic rings. The van der Waals surface area contributed by atoms with E-state index in [9.17, 15) is 9.59 Å². The smallest absolute Gasteiger partial charge is 0.354 e. The molecule has 4 nitrogen and oxygen atoms in total. The van der Waals surface area contributed by atoms with E-state index in [1.807, 2.05) is 48.5 Å². The van der Waals surface area contributed by atoms with Crippen LogP contribution >= 0.6 is 0 Å². The number of ketones is 1. The zero-order valence-electron chi connectivity index (χ0n) is 13.3. The van der Waals surface area contributed by atoms with Gasteiger partial charge in [-0.3, -0.25) is 4.79 Å². The van der Waals surface area contributed by atoms with Crippen LogP contribution in [-0.4, -0.2) is 23.4 Å². The summed E-state index contributed by atoms with van der Waals surface area (Å²) in [6.45, 7) is 0.493. The summed E-state index contributed by atoms with van der Waals surface area (Å²) in [5.41, 5.74) is 2.46. The molecule has 0 unspecified atom stereocenters. The molecule has 0 amide bonds. The summed E-state index contributed by atoms with van der Waals surface area (Å²) in [7, 11) is 1.33. The van der Waals surface area contributed by atoms with Gasteiger partial charge >= 0.3 is 5.97 Å². The number of ether oxygens (including phenoxy) is 1. The fourth-order valence-electron chi connectivity index (χ4n) is 2.58. The molecular weight excluding hydrogens is 302 g/mol. The van der Waals surface area contributed by atoms with Crippen molar-refractivity contribution in [3.05, 3.63) is 95.3 Å². The van der Waals surface area contributed by atoms with Gasteiger partial charge in [-0.2, -0.15) is 0 Å². The number of aromatic nitrogens is 1. The highest BCUT2D eigenvalue weighted by molar-refractivity contribution is 6.10. The SMILES string of the molecule is COC(=O)c1cc(C(=O)c2ccccc2)cn1Cc1ccccc1. The highest BCUT2D eigenvalue weighted by Gasteiger charge is 2.19. The first kappa shape index (κ1) is 15.7. The summed E-state index contributed by atoms with van der Waals surface area (Å²) in [6.07, 6.45) is 1.70. The van der Waals surface area contributed by atoms with Crippen molar-refractivity contribution in [2.45, 2.75) is 6.54 Å². The van der Waals surface area contributed by atoms with Crippen molar-refractivity contribution in [1.29, 1.82) is 0 Å². The molecule has 0 atom stereocenters. The summed E-state index contributed by atoms with van der Waals surface area (Å²) >= 11 is 0. The maximum Gasteiger partial charge on any atom is 0.354 e. The quantitative estimate of drug-likeness (QED) is 0.534. The van der Waals surface area contributed by atoms with Gasteiger partial charge in [-0.25, -0.2) is 4.79 Å². The Kier molecular flexibility index (Phi) is 4.57. The summed E-state index contributed by atoms with van der Waals surface area (Å²) in [4.78, 5) is 24.7. The van der Waals surface area contributed by atoms with Crippen molar-refractivity contribution in [3.63, 3.8) is 0 Å². The molecule has 24 heavy (non-hydrogen) atoms. The lowest BCUT2D eigenvalue weighted by Gasteiger charge is -2.07. The van der Waals surface area contributed by atoms with E-state index >= 15 is 0 Å². The van der Waals surface area contributed by atoms with Gasteiger partial charge in [0.05, 0.1) is 7.11 Å². The first-order valence-corrected chi connectivity index (χ1v) is 7.61. The number of rotatable bonds is 5. The van der Waals surface area contributed by atoms with Crippen LogP contribution < -0.4 is 0 Å². The van der Waals surface area contributed by atoms with Gasteiger partial charge in [0.1, 0.15) is 5.69 Å². The van der Waals surface area contributed by atoms with Crippen molar-refractivity contribution in [3.8, 4) is 0 Å². The predicted molar refractivity (Wildman–Crippen MR) is 91.2 cm³/mol. The van der Waals surface area contributed by atoms with E-state index in [0.29, 0.717) is 23.4 Å². The molecule has 0 saturated carbocycles. The third kappa shape index (κ3) is 3.27. The molecule has 0 N–H and O–H groups in total. The minimum atomic E-state index is -0.460. The second-order valence-corrected chi connectivity index (χ2v) is 5.41. The second-order valence-electron chi connectivity index (χ2n) is 5.41. The molecule has 0 aliphatic heterocycles. The number of carbonyl (C=O) groups excluding carboxylic acids is 2. The number of methoxy groups -OCH3 is 1. The van der Waals surface area contributed by atoms with Crippen molar-refractivity contribution in [2.24, 2.45) is 0 Å². The summed E-state index contributed by atoms with van der Waals surface area (Å²) in [5, 5.41) is 0. The van der Waals surface area contributed by atoms with E-state index in [2.05, 4.69) is 0 Å². The Labute approximate surface area is 140 Å². The van der Waals surface area contributed by atoms with Crippen molar-refractivity contribution < 1.29 is 14.3 Å². The summed E-state index contributed by atoms with van der Waals surface area (Å²) < 4.78 is 6.59. The molecule has 3 aromatic rings. The van der Waals surface area contributed by atoms with Gasteiger partial charge in [-0.15, -0.1) is 0 Å². The first-order chi connectivity index (χ1) is 11.7. The largest absolute Gasteiger partial charge is 0.464 e. The molecular formula is C20H17NO3. The zero-order chi connectivity index (χ0) is 16.9. The number of hydrogen-bond donors (Lipinski definition) is 0. The van der Waals surface area contributed by atoms with Gasteiger partial charge in [0, 0.05) is 23.9 Å². The van der Waals surface area contributed by atoms with Crippen LogP contribution in [0.3, 0.4) is 0 Å². The lowest BCUT2D eigenvalue weighted by molar-refractivity contribution is 0.0589. The first-order valence-electron chi connectivity index (χ1n) is 7.61. The van der Waals surface area contributed by atoms with E-state index in [-0.39, 0.29) is 5.78 Å². The molecule has 0 saturated heterocycles. The van der Waals surface area contributed by atoms with E-state index in [0.717, 1.165) is 5.56 Å². The highest BCUT2D eigenvalue weighted by Crippen LogP contribution is 2.17. The van der Waals surface area contributed by atoms with Crippen LogP contribution in [0.15, 0.2) is 72.9 Å². The molecule has 2 aromatic carbocycles. The Hall–Kier alpha value is -3.14. The standard InChI is InChI=1S/C20H17NO3/c1-24-20(23)18-12-17(19(22)16-10-6-3-7-11-16)14-21(18)13-15-8-4-2-5-9-15/h2-12,14H,13H2,1H3. The molecule has 3 rings (SSSR count). The van der Waals surface area contributed by atoms with Gasteiger partial charge in [0.25, 0.3) is 0 Å². The maximum absolute atomic E-state index is 12.6. The lowest BCUT2D eigenvalue weighted by atomic mass is 10.1. The molecule has 1 aromatic heterocycles. The minimum Gasteiger partial charge on any atom is -0.464 e. The molecule has 0 radical (unpaired) electrons. The number of hydrogen-bond acceptors (Lipinski definition) is 3. The number of nitrogens with zero attached hydrogens (tertiary/aromatic N) is 1. The predicted octanol–water partition coefficient (Wildman–Crippen LogP) is 3.55. The van der Waals surface area contributed by atoms with Crippen LogP contribution in [0.25, 0.3) is 0 Å². The molecule has 0 bridgehead atoms. The van der Waals surface area contributed by atoms with E-state index in [4.69, 9.17) is 4.74 Å². The number of carbonyl (C=O) groups is 2. The number of benzene rings is 2. The Morgan fingerprint density at radius 1 is 0.917 bits per heavy atom. The molecule has 0 spiro atoms. The van der Waals surface area contributed by atoms with Crippen molar-refractivity contribution in [1.82, 2.24) is 4.57 Å². The van der Waals surface area contributed by atoms with E-state index in [1.54, 1.807) is 29.0 Å². The molecule has 120 valence electrons. The van der Waals surface area contributed by atoms with E-state index < -0.39 is 5.97 Å². The van der Waals surface area contributed by atoms with Gasteiger partial charge in [0.2, 0.25) is 0 Å². The van der Waals surface area contributed by atoms with Crippen LogP contribution in [-0.2, 0) is 11.3 Å². The third-order valence-electron chi connectivity index (χ3n) is 3.79.